The summed E-state index contributed by atoms with van der Waals surface area (Å²) in [6, 6.07) is 7.26. The van der Waals surface area contributed by atoms with Crippen LogP contribution in [0, 0.1) is 0 Å². The maximum atomic E-state index is 12.2. The lowest BCUT2D eigenvalue weighted by molar-refractivity contribution is 0.0942. The van der Waals surface area contributed by atoms with E-state index in [1.54, 1.807) is 6.07 Å². The van der Waals surface area contributed by atoms with Gasteiger partial charge in [-0.3, -0.25) is 9.89 Å². The van der Waals surface area contributed by atoms with Crippen molar-refractivity contribution in [1.82, 2.24) is 15.5 Å². The second-order valence-electron chi connectivity index (χ2n) is 4.75. The summed E-state index contributed by atoms with van der Waals surface area (Å²) >= 11 is 6.14. The van der Waals surface area contributed by atoms with E-state index in [-0.39, 0.29) is 5.91 Å². The van der Waals surface area contributed by atoms with Crippen LogP contribution < -0.4 is 5.32 Å². The molecule has 1 heterocycles. The first kappa shape index (κ1) is 15.5. The minimum absolute atomic E-state index is 0.234. The first-order valence-corrected chi connectivity index (χ1v) is 7.25. The molecule has 0 spiro atoms. The molecule has 1 unspecified atom stereocenters. The molecule has 0 bridgehead atoms. The SMILES string of the molecule is CCC(O)CCNC(=O)c1cn[nH]c1-c1ccccc1Cl. The third-order valence-corrected chi connectivity index (χ3v) is 3.59. The van der Waals surface area contributed by atoms with Gasteiger partial charge in [0.25, 0.3) is 5.91 Å². The number of halogens is 1. The third-order valence-electron chi connectivity index (χ3n) is 3.26. The highest BCUT2D eigenvalue weighted by Crippen LogP contribution is 2.28. The summed E-state index contributed by atoms with van der Waals surface area (Å²) in [5, 5.41) is 19.5. The van der Waals surface area contributed by atoms with Gasteiger partial charge in [-0.1, -0.05) is 36.7 Å². The Morgan fingerprint density at radius 1 is 1.48 bits per heavy atom. The number of nitrogens with one attached hydrogen (secondary N) is 2. The Balaban J connectivity index is 2.10. The van der Waals surface area contributed by atoms with Crippen molar-refractivity contribution in [3.63, 3.8) is 0 Å². The number of H-pyrrole nitrogens is 1. The van der Waals surface area contributed by atoms with Gasteiger partial charge in [-0.05, 0) is 18.9 Å². The fraction of sp³-hybridized carbons (Fsp3) is 0.333. The van der Waals surface area contributed by atoms with Gasteiger partial charge in [0, 0.05) is 17.1 Å². The number of amides is 1. The number of aromatic amines is 1. The number of aliphatic hydroxyl groups is 1. The van der Waals surface area contributed by atoms with Crippen molar-refractivity contribution in [2.24, 2.45) is 0 Å². The van der Waals surface area contributed by atoms with E-state index in [4.69, 9.17) is 11.6 Å². The van der Waals surface area contributed by atoms with Crippen LogP contribution in [0.15, 0.2) is 30.5 Å². The molecular formula is C15H18ClN3O2. The minimum Gasteiger partial charge on any atom is -0.393 e. The first-order valence-electron chi connectivity index (χ1n) is 6.88. The summed E-state index contributed by atoms with van der Waals surface area (Å²) < 4.78 is 0. The number of nitrogens with zero attached hydrogens (tertiary/aromatic N) is 1. The molecule has 1 amide bonds. The molecule has 2 aromatic rings. The molecule has 6 heteroatoms. The van der Waals surface area contributed by atoms with Crippen LogP contribution in [-0.4, -0.2) is 33.9 Å². The summed E-state index contributed by atoms with van der Waals surface area (Å²) in [6.45, 7) is 2.32. The summed E-state index contributed by atoms with van der Waals surface area (Å²) in [4.78, 5) is 12.2. The molecule has 0 fully saturated rings. The van der Waals surface area contributed by atoms with Gasteiger partial charge in [-0.15, -0.1) is 0 Å². The Hall–Kier alpha value is -1.85. The molecule has 0 saturated heterocycles. The lowest BCUT2D eigenvalue weighted by Crippen LogP contribution is -2.27. The van der Waals surface area contributed by atoms with Crippen LogP contribution in [0.5, 0.6) is 0 Å². The molecule has 1 aromatic carbocycles. The van der Waals surface area contributed by atoms with Gasteiger partial charge in [0.2, 0.25) is 0 Å². The van der Waals surface area contributed by atoms with Crippen LogP contribution >= 0.6 is 11.6 Å². The van der Waals surface area contributed by atoms with E-state index in [9.17, 15) is 9.90 Å². The van der Waals surface area contributed by atoms with E-state index in [1.807, 2.05) is 25.1 Å². The second-order valence-corrected chi connectivity index (χ2v) is 5.15. The number of aromatic nitrogens is 2. The van der Waals surface area contributed by atoms with Crippen LogP contribution in [-0.2, 0) is 0 Å². The van der Waals surface area contributed by atoms with E-state index < -0.39 is 6.10 Å². The largest absolute Gasteiger partial charge is 0.393 e. The average molecular weight is 308 g/mol. The number of aliphatic hydroxyl groups excluding tert-OH is 1. The smallest absolute Gasteiger partial charge is 0.255 e. The zero-order valence-corrected chi connectivity index (χ0v) is 12.5. The Kier molecular flexibility index (Phi) is 5.36. The Morgan fingerprint density at radius 3 is 2.95 bits per heavy atom. The van der Waals surface area contributed by atoms with Crippen LogP contribution in [0.2, 0.25) is 5.02 Å². The van der Waals surface area contributed by atoms with Gasteiger partial charge in [0.05, 0.1) is 23.6 Å². The van der Waals surface area contributed by atoms with Gasteiger partial charge < -0.3 is 10.4 Å². The number of hydrogen-bond donors (Lipinski definition) is 3. The maximum Gasteiger partial charge on any atom is 0.255 e. The molecule has 0 aliphatic rings. The van der Waals surface area contributed by atoms with Crippen molar-refractivity contribution in [2.75, 3.05) is 6.54 Å². The summed E-state index contributed by atoms with van der Waals surface area (Å²) in [5.41, 5.74) is 1.76. The fourth-order valence-electron chi connectivity index (χ4n) is 1.98. The Morgan fingerprint density at radius 2 is 2.24 bits per heavy atom. The zero-order chi connectivity index (χ0) is 15.2. The Labute approximate surface area is 128 Å². The molecule has 0 aliphatic heterocycles. The van der Waals surface area contributed by atoms with Crippen LogP contribution in [0.3, 0.4) is 0 Å². The van der Waals surface area contributed by atoms with E-state index in [0.717, 1.165) is 5.56 Å². The predicted molar refractivity (Wildman–Crippen MR) is 82.3 cm³/mol. The van der Waals surface area contributed by atoms with E-state index in [2.05, 4.69) is 15.5 Å². The Bertz CT molecular complexity index is 612. The van der Waals surface area contributed by atoms with Crippen LogP contribution in [0.1, 0.15) is 30.1 Å². The average Bonchev–Trinajstić information content (AvgIpc) is 2.96. The third kappa shape index (κ3) is 3.83. The van der Waals surface area contributed by atoms with Gasteiger partial charge in [-0.2, -0.15) is 5.10 Å². The van der Waals surface area contributed by atoms with Crippen molar-refractivity contribution in [3.8, 4) is 11.3 Å². The quantitative estimate of drug-likeness (QED) is 0.767. The van der Waals surface area contributed by atoms with Gasteiger partial charge in [0.1, 0.15) is 0 Å². The highest BCUT2D eigenvalue weighted by molar-refractivity contribution is 6.33. The second kappa shape index (κ2) is 7.24. The maximum absolute atomic E-state index is 12.2. The standard InChI is InChI=1S/C15H18ClN3O2/c1-2-10(20)7-8-17-15(21)12-9-18-19-14(12)11-5-3-4-6-13(11)16/h3-6,9-10,20H,2,7-8H2,1H3,(H,17,21)(H,18,19). The molecule has 21 heavy (non-hydrogen) atoms. The molecule has 1 atom stereocenters. The number of rotatable bonds is 6. The predicted octanol–water partition coefficient (Wildman–Crippen LogP) is 2.62. The monoisotopic (exact) mass is 307 g/mol. The minimum atomic E-state index is -0.391. The normalized spacial score (nSPS) is 12.1. The number of carbonyl (C=O) groups is 1. The van der Waals surface area contributed by atoms with Crippen molar-refractivity contribution < 1.29 is 9.90 Å². The molecule has 2 rings (SSSR count). The number of carbonyl (C=O) groups excluding carboxylic acids is 1. The lowest BCUT2D eigenvalue weighted by Gasteiger charge is -2.09. The van der Waals surface area contributed by atoms with Crippen molar-refractivity contribution >= 4 is 17.5 Å². The summed E-state index contributed by atoms with van der Waals surface area (Å²) in [5.74, 6) is -0.234. The molecule has 1 aromatic heterocycles. The first-order chi connectivity index (χ1) is 10.1. The van der Waals surface area contributed by atoms with E-state index in [0.29, 0.717) is 35.7 Å². The van der Waals surface area contributed by atoms with Gasteiger partial charge >= 0.3 is 0 Å². The zero-order valence-electron chi connectivity index (χ0n) is 11.8. The summed E-state index contributed by atoms with van der Waals surface area (Å²) in [7, 11) is 0. The van der Waals surface area contributed by atoms with Crippen molar-refractivity contribution in [2.45, 2.75) is 25.9 Å². The fourth-order valence-corrected chi connectivity index (χ4v) is 2.21. The molecule has 5 nitrogen and oxygen atoms in total. The molecular weight excluding hydrogens is 290 g/mol. The molecule has 0 saturated carbocycles. The van der Waals surface area contributed by atoms with Crippen LogP contribution in [0.25, 0.3) is 11.3 Å². The topological polar surface area (TPSA) is 78.0 Å². The lowest BCUT2D eigenvalue weighted by atomic mass is 10.1. The van der Waals surface area contributed by atoms with E-state index >= 15 is 0 Å². The molecule has 0 radical (unpaired) electrons. The van der Waals surface area contributed by atoms with Crippen molar-refractivity contribution in [3.05, 3.63) is 41.0 Å². The van der Waals surface area contributed by atoms with Gasteiger partial charge in [-0.25, -0.2) is 0 Å². The summed E-state index contributed by atoms with van der Waals surface area (Å²) in [6.07, 6.45) is 2.29. The molecule has 0 aliphatic carbocycles. The van der Waals surface area contributed by atoms with E-state index in [1.165, 1.54) is 6.20 Å². The van der Waals surface area contributed by atoms with Crippen molar-refractivity contribution in [1.29, 1.82) is 0 Å². The number of benzene rings is 1. The highest BCUT2D eigenvalue weighted by Gasteiger charge is 2.16. The number of hydrogen-bond acceptors (Lipinski definition) is 3. The molecule has 112 valence electrons. The molecule has 3 N–H and O–H groups in total. The van der Waals surface area contributed by atoms with Gasteiger partial charge in [0.15, 0.2) is 0 Å². The highest BCUT2D eigenvalue weighted by atomic mass is 35.5. The van der Waals surface area contributed by atoms with Crippen LogP contribution in [0.4, 0.5) is 0 Å².